The lowest BCUT2D eigenvalue weighted by molar-refractivity contribution is 0.668. The minimum atomic E-state index is 0.534. The smallest absolute Gasteiger partial charge is 0.238 e. The summed E-state index contributed by atoms with van der Waals surface area (Å²) in [5.41, 5.74) is 9.68. The third-order valence-corrected chi connectivity index (χ3v) is 9.74. The minimum absolute atomic E-state index is 0.534. The average molecular weight is 656 g/mol. The van der Waals surface area contributed by atoms with Gasteiger partial charge in [-0.15, -0.1) is 0 Å². The molecular weight excluding hydrogens is 631 g/mol. The normalized spacial score (nSPS) is 11.9. The SMILES string of the molecule is c1cc(-c2nc(-c3cccc4oc5ccccc5c34)nc(-n3c4ccccc4c4ccccc43)n2)cc(-c2ccnc3c2oc2ccccc23)c1. The van der Waals surface area contributed by atoms with Crippen molar-refractivity contribution in [3.8, 4) is 39.9 Å². The highest BCUT2D eigenvalue weighted by molar-refractivity contribution is 6.12. The van der Waals surface area contributed by atoms with Gasteiger partial charge in [0.15, 0.2) is 17.2 Å². The van der Waals surface area contributed by atoms with Crippen LogP contribution >= 0.6 is 0 Å². The molecule has 0 atom stereocenters. The summed E-state index contributed by atoms with van der Waals surface area (Å²) in [6.45, 7) is 0. The molecule has 0 aliphatic carbocycles. The fourth-order valence-electron chi connectivity index (χ4n) is 7.47. The van der Waals surface area contributed by atoms with Crippen LogP contribution in [0.2, 0.25) is 0 Å². The number of fused-ring (bicyclic) bond motifs is 9. The van der Waals surface area contributed by atoms with E-state index in [-0.39, 0.29) is 0 Å². The Labute approximate surface area is 290 Å². The highest BCUT2D eigenvalue weighted by atomic mass is 16.3. The largest absolute Gasteiger partial charge is 0.456 e. The lowest BCUT2D eigenvalue weighted by atomic mass is 10.0. The topological polar surface area (TPSA) is 82.8 Å². The molecule has 0 bridgehead atoms. The van der Waals surface area contributed by atoms with E-state index in [0.29, 0.717) is 17.6 Å². The molecule has 7 heteroatoms. The fourth-order valence-corrected chi connectivity index (χ4v) is 7.47. The first kappa shape index (κ1) is 27.8. The van der Waals surface area contributed by atoms with Crippen molar-refractivity contribution >= 4 is 65.8 Å². The average Bonchev–Trinajstić information content (AvgIpc) is 3.87. The zero-order chi connectivity index (χ0) is 33.5. The van der Waals surface area contributed by atoms with E-state index >= 15 is 0 Å². The van der Waals surface area contributed by atoms with Crippen LogP contribution in [0.4, 0.5) is 0 Å². The van der Waals surface area contributed by atoms with Gasteiger partial charge in [0.25, 0.3) is 0 Å². The number of nitrogens with zero attached hydrogens (tertiary/aromatic N) is 5. The molecule has 11 rings (SSSR count). The zero-order valence-electron chi connectivity index (χ0n) is 27.0. The quantitative estimate of drug-likeness (QED) is 0.188. The number of pyridine rings is 1. The van der Waals surface area contributed by atoms with Crippen LogP contribution in [0.1, 0.15) is 0 Å². The van der Waals surface area contributed by atoms with Crippen molar-refractivity contribution < 1.29 is 8.83 Å². The molecular formula is C44H25N5O2. The van der Waals surface area contributed by atoms with Crippen LogP contribution in [-0.2, 0) is 0 Å². The Morgan fingerprint density at radius 2 is 1.08 bits per heavy atom. The van der Waals surface area contributed by atoms with Gasteiger partial charge in [-0.1, -0.05) is 97.1 Å². The molecule has 0 unspecified atom stereocenters. The number of rotatable bonds is 4. The van der Waals surface area contributed by atoms with Crippen LogP contribution < -0.4 is 0 Å². The van der Waals surface area contributed by atoms with Crippen LogP contribution in [0.3, 0.4) is 0 Å². The van der Waals surface area contributed by atoms with E-state index in [1.807, 2.05) is 79.0 Å². The second-order valence-electron chi connectivity index (χ2n) is 12.6. The van der Waals surface area contributed by atoms with E-state index in [0.717, 1.165) is 88.1 Å². The van der Waals surface area contributed by atoms with E-state index in [1.165, 1.54) is 0 Å². The highest BCUT2D eigenvalue weighted by Gasteiger charge is 2.21. The van der Waals surface area contributed by atoms with Crippen LogP contribution in [0, 0.1) is 0 Å². The van der Waals surface area contributed by atoms with Gasteiger partial charge in [0, 0.05) is 49.8 Å². The molecule has 0 fully saturated rings. The number of para-hydroxylation sites is 4. The predicted molar refractivity (Wildman–Crippen MR) is 203 cm³/mol. The summed E-state index contributed by atoms with van der Waals surface area (Å²) in [6.07, 6.45) is 1.84. The first-order valence-corrected chi connectivity index (χ1v) is 16.8. The Hall–Kier alpha value is -7.12. The molecule has 5 heterocycles. The van der Waals surface area contributed by atoms with Gasteiger partial charge in [0.2, 0.25) is 5.95 Å². The van der Waals surface area contributed by atoms with E-state index < -0.39 is 0 Å². The van der Waals surface area contributed by atoms with Crippen LogP contribution in [0.25, 0.3) is 106 Å². The lowest BCUT2D eigenvalue weighted by Gasteiger charge is -2.12. The Morgan fingerprint density at radius 3 is 1.88 bits per heavy atom. The van der Waals surface area contributed by atoms with Crippen molar-refractivity contribution in [1.29, 1.82) is 0 Å². The lowest BCUT2D eigenvalue weighted by Crippen LogP contribution is -2.06. The first-order chi connectivity index (χ1) is 25.3. The first-order valence-electron chi connectivity index (χ1n) is 16.8. The Bertz CT molecular complexity index is 3120. The fraction of sp³-hybridized carbons (Fsp3) is 0. The Morgan fingerprint density at radius 1 is 0.451 bits per heavy atom. The molecule has 238 valence electrons. The summed E-state index contributed by atoms with van der Waals surface area (Å²) in [6, 6.07) is 49.2. The maximum Gasteiger partial charge on any atom is 0.238 e. The van der Waals surface area contributed by atoms with Crippen molar-refractivity contribution in [3.63, 3.8) is 0 Å². The van der Waals surface area contributed by atoms with E-state index in [1.54, 1.807) is 0 Å². The summed E-state index contributed by atoms with van der Waals surface area (Å²) < 4.78 is 14.8. The van der Waals surface area contributed by atoms with Gasteiger partial charge in [-0.05, 0) is 54.1 Å². The predicted octanol–water partition coefficient (Wildman–Crippen LogP) is 11.2. The molecule has 0 radical (unpaired) electrons. The van der Waals surface area contributed by atoms with E-state index in [4.69, 9.17) is 23.8 Å². The molecule has 0 aliphatic heterocycles. The molecule has 0 saturated heterocycles. The van der Waals surface area contributed by atoms with Crippen molar-refractivity contribution in [2.75, 3.05) is 0 Å². The highest BCUT2D eigenvalue weighted by Crippen LogP contribution is 2.39. The molecule has 0 aliphatic rings. The number of aromatic nitrogens is 5. The standard InChI is InChI=1S/C44H25N5O2/c1-5-18-34-29(13-1)30-14-2-6-19-35(30)49(34)44-47-42(46-43(48-44)33-17-10-22-38-39(33)31-15-3-7-20-36(31)50-38)27-12-9-11-26(25-27)28-23-24-45-40-32-16-4-8-21-37(32)51-41(28)40/h1-25H. The van der Waals surface area contributed by atoms with Gasteiger partial charge in [-0.3, -0.25) is 9.55 Å². The van der Waals surface area contributed by atoms with Gasteiger partial charge >= 0.3 is 0 Å². The number of benzene rings is 6. The molecule has 7 nitrogen and oxygen atoms in total. The summed E-state index contributed by atoms with van der Waals surface area (Å²) >= 11 is 0. The minimum Gasteiger partial charge on any atom is -0.456 e. The summed E-state index contributed by atoms with van der Waals surface area (Å²) in [5, 5.41) is 5.24. The molecule has 5 aromatic heterocycles. The van der Waals surface area contributed by atoms with Crippen LogP contribution in [0.5, 0.6) is 0 Å². The molecule has 6 aromatic carbocycles. The molecule has 0 spiro atoms. The monoisotopic (exact) mass is 655 g/mol. The maximum atomic E-state index is 6.36. The number of furan rings is 2. The van der Waals surface area contributed by atoms with Gasteiger partial charge in [-0.25, -0.2) is 4.98 Å². The van der Waals surface area contributed by atoms with Gasteiger partial charge in [0.1, 0.15) is 22.3 Å². The second-order valence-corrected chi connectivity index (χ2v) is 12.6. The summed E-state index contributed by atoms with van der Waals surface area (Å²) in [5.74, 6) is 1.65. The second kappa shape index (κ2) is 10.7. The Kier molecular flexibility index (Phi) is 5.83. The molecule has 11 aromatic rings. The van der Waals surface area contributed by atoms with Crippen molar-refractivity contribution in [2.24, 2.45) is 0 Å². The van der Waals surface area contributed by atoms with E-state index in [2.05, 4.69) is 82.3 Å². The van der Waals surface area contributed by atoms with Crippen LogP contribution in [-0.4, -0.2) is 24.5 Å². The zero-order valence-corrected chi connectivity index (χ0v) is 27.0. The van der Waals surface area contributed by atoms with Crippen molar-refractivity contribution in [3.05, 3.63) is 152 Å². The summed E-state index contributed by atoms with van der Waals surface area (Å²) in [7, 11) is 0. The Balaban J connectivity index is 1.18. The molecule has 0 saturated carbocycles. The molecule has 0 amide bonds. The third-order valence-electron chi connectivity index (χ3n) is 9.74. The summed E-state index contributed by atoms with van der Waals surface area (Å²) in [4.78, 5) is 20.3. The van der Waals surface area contributed by atoms with Crippen molar-refractivity contribution in [1.82, 2.24) is 24.5 Å². The van der Waals surface area contributed by atoms with Gasteiger partial charge < -0.3 is 8.83 Å². The molecule has 51 heavy (non-hydrogen) atoms. The van der Waals surface area contributed by atoms with Gasteiger partial charge in [-0.2, -0.15) is 9.97 Å². The molecule has 0 N–H and O–H groups in total. The van der Waals surface area contributed by atoms with Gasteiger partial charge in [0.05, 0.1) is 11.0 Å². The number of hydrogen-bond donors (Lipinski definition) is 0. The van der Waals surface area contributed by atoms with Crippen LogP contribution in [0.15, 0.2) is 161 Å². The third kappa shape index (κ3) is 4.18. The maximum absolute atomic E-state index is 6.36. The van der Waals surface area contributed by atoms with E-state index in [9.17, 15) is 0 Å². The number of hydrogen-bond acceptors (Lipinski definition) is 6. The van der Waals surface area contributed by atoms with Crippen molar-refractivity contribution in [2.45, 2.75) is 0 Å².